The van der Waals surface area contributed by atoms with Crippen LogP contribution in [0, 0.1) is 6.08 Å². The number of carbonyl (C=O) groups excluding carboxylic acids is 1. The van der Waals surface area contributed by atoms with E-state index in [1.165, 1.54) is 0 Å². The van der Waals surface area contributed by atoms with E-state index in [4.69, 9.17) is 5.11 Å². The van der Waals surface area contributed by atoms with Gasteiger partial charge < -0.3 is 9.84 Å². The molecule has 0 aliphatic rings. The van der Waals surface area contributed by atoms with E-state index in [2.05, 4.69) is 17.4 Å². The molecule has 0 fully saturated rings. The molecule has 108 valence electrons. The molecule has 1 N–H and O–H groups in total. The van der Waals surface area contributed by atoms with Gasteiger partial charge in [0.2, 0.25) is 0 Å². The van der Waals surface area contributed by atoms with E-state index < -0.39 is 18.5 Å². The number of carboxylic acid groups (broad SMARTS) is 1. The molecule has 0 aliphatic carbocycles. The molecule has 0 bridgehead atoms. The van der Waals surface area contributed by atoms with Gasteiger partial charge in [0, 0.05) is 6.42 Å². The van der Waals surface area contributed by atoms with E-state index in [-0.39, 0.29) is 64.6 Å². The maximum Gasteiger partial charge on any atom is 1.00 e. The molecule has 21 heavy (non-hydrogen) atoms. The number of hydrogen-bond donors (Lipinski definition) is 1. The molecule has 0 aromatic heterocycles. The first-order valence-electron chi connectivity index (χ1n) is 6.05. The van der Waals surface area contributed by atoms with Crippen molar-refractivity contribution >= 4 is 11.9 Å². The summed E-state index contributed by atoms with van der Waals surface area (Å²) in [5, 5.41) is 7.98. The zero-order valence-electron chi connectivity index (χ0n) is 13.4. The summed E-state index contributed by atoms with van der Waals surface area (Å²) in [5.74, 6) is -1.62. The summed E-state index contributed by atoms with van der Waals surface area (Å²) in [4.78, 5) is 20.0. The van der Waals surface area contributed by atoms with Crippen molar-refractivity contribution in [3.8, 4) is 0 Å². The van der Waals surface area contributed by atoms with Crippen LogP contribution in [0.1, 0.15) is 32.8 Å². The van der Waals surface area contributed by atoms with E-state index in [0.29, 0.717) is 0 Å². The van der Waals surface area contributed by atoms with Crippen LogP contribution >= 0.6 is 0 Å². The molecule has 4 nitrogen and oxygen atoms in total. The van der Waals surface area contributed by atoms with Crippen LogP contribution in [0.25, 0.3) is 0 Å². The molecule has 1 aromatic rings. The Bertz CT molecular complexity index is 369. The SMILES string of the molecule is C=[C-]c1ccccc1.CC.CCC(=O)OCC(=O)O.[Rb+].[Rf]. The van der Waals surface area contributed by atoms with E-state index in [0.717, 1.165) is 5.56 Å². The van der Waals surface area contributed by atoms with Crippen molar-refractivity contribution in [1.82, 2.24) is 0 Å². The van der Waals surface area contributed by atoms with Gasteiger partial charge in [0.1, 0.15) is 0 Å². The van der Waals surface area contributed by atoms with Crippen molar-refractivity contribution in [3.05, 3.63) is 48.6 Å². The number of aliphatic carboxylic acids is 1. The first-order chi connectivity index (χ1) is 9.10. The Morgan fingerprint density at radius 2 is 1.71 bits per heavy atom. The third kappa shape index (κ3) is 21.2. The van der Waals surface area contributed by atoms with Crippen molar-refractivity contribution in [2.75, 3.05) is 6.61 Å². The van der Waals surface area contributed by atoms with Gasteiger partial charge in [-0.15, -0.1) is 12.1 Å². The standard InChI is InChI=1S/C8H7.C5H8O4.C2H6.Rb.Rf/c1-2-8-6-4-3-5-7-8;1-2-5(8)9-3-4(6)7;1-2;;/h3-7H,1H2;2-3H2,1H3,(H,6,7);1-2H3;;/q-1;;;+1;. The fourth-order valence-electron chi connectivity index (χ4n) is 0.800. The Balaban J connectivity index is -0.000000113. The number of esters is 1. The molecule has 0 radical (unpaired) electrons. The molecule has 6 heteroatoms. The van der Waals surface area contributed by atoms with Gasteiger partial charge in [0.25, 0.3) is 0 Å². The summed E-state index contributed by atoms with van der Waals surface area (Å²) < 4.78 is 4.21. The number of carbonyl (C=O) groups is 2. The Morgan fingerprint density at radius 1 is 1.24 bits per heavy atom. The largest absolute Gasteiger partial charge is 1.00 e. The van der Waals surface area contributed by atoms with Gasteiger partial charge >= 0.3 is 70.1 Å². The minimum atomic E-state index is -1.13. The Labute approximate surface area is 170 Å². The van der Waals surface area contributed by atoms with Crippen molar-refractivity contribution in [1.29, 1.82) is 0 Å². The molecular formula is C15H21O4RbRf. The normalized spacial score (nSPS) is 7.19. The molecule has 0 atom stereocenters. The number of rotatable bonds is 4. The van der Waals surface area contributed by atoms with Crippen LogP contribution in [0.15, 0.2) is 36.9 Å². The second-order valence-corrected chi connectivity index (χ2v) is 2.95. The predicted octanol–water partition coefficient (Wildman–Crippen LogP) is 0.0783. The van der Waals surface area contributed by atoms with Crippen LogP contribution in [-0.2, 0) is 14.3 Å². The van der Waals surface area contributed by atoms with Gasteiger partial charge in [0.05, 0.1) is 0 Å². The summed E-state index contributed by atoms with van der Waals surface area (Å²) >= 11 is 0. The van der Waals surface area contributed by atoms with Gasteiger partial charge in [-0.2, -0.15) is 30.4 Å². The molecule has 0 saturated heterocycles. The average molecular weight is 618 g/mol. The molecule has 0 unspecified atom stereocenters. The van der Waals surface area contributed by atoms with E-state index >= 15 is 0 Å². The summed E-state index contributed by atoms with van der Waals surface area (Å²) in [7, 11) is 0. The molecule has 0 amide bonds. The number of hydrogen-bond acceptors (Lipinski definition) is 3. The molecule has 0 spiro atoms. The quantitative estimate of drug-likeness (QED) is 0.384. The van der Waals surface area contributed by atoms with E-state index in [1.54, 1.807) is 6.92 Å². The summed E-state index contributed by atoms with van der Waals surface area (Å²) in [6, 6.07) is 9.84. The predicted molar refractivity (Wildman–Crippen MR) is 74.6 cm³/mol. The first kappa shape index (κ1) is 28.0. The molecular weight excluding hydrogens is 597 g/mol. The molecule has 0 saturated carbocycles. The minimum absolute atomic E-state index is 0. The van der Waals surface area contributed by atoms with Crippen molar-refractivity contribution < 1.29 is 77.6 Å². The maximum absolute atomic E-state index is 10.2. The Morgan fingerprint density at radius 3 is 2.00 bits per heavy atom. The van der Waals surface area contributed by atoms with Gasteiger partial charge in [-0.25, -0.2) is 4.79 Å². The molecule has 1 aromatic carbocycles. The van der Waals surface area contributed by atoms with Crippen LogP contribution in [0.2, 0.25) is 0 Å². The van der Waals surface area contributed by atoms with Gasteiger partial charge in [-0.05, 0) is 0 Å². The van der Waals surface area contributed by atoms with Crippen molar-refractivity contribution in [2.45, 2.75) is 27.2 Å². The van der Waals surface area contributed by atoms with E-state index in [1.807, 2.05) is 44.2 Å². The number of ether oxygens (including phenoxy) is 1. The third-order valence-corrected chi connectivity index (χ3v) is 1.62. The van der Waals surface area contributed by atoms with Crippen molar-refractivity contribution in [3.63, 3.8) is 0 Å². The van der Waals surface area contributed by atoms with Gasteiger partial charge in [-0.1, -0.05) is 26.8 Å². The third-order valence-electron chi connectivity index (χ3n) is 1.62. The van der Waals surface area contributed by atoms with Gasteiger partial charge in [-0.3, -0.25) is 4.79 Å². The summed E-state index contributed by atoms with van der Waals surface area (Å²) in [6.45, 7) is 8.57. The second-order valence-electron chi connectivity index (χ2n) is 2.95. The average Bonchev–Trinajstić information content (AvgIpc) is 2.48. The van der Waals surface area contributed by atoms with Crippen LogP contribution in [0.5, 0.6) is 0 Å². The smallest absolute Gasteiger partial charge is 0.479 e. The Hall–Kier alpha value is -1.29. The second kappa shape index (κ2) is 21.0. The topological polar surface area (TPSA) is 63.6 Å². The fraction of sp³-hybridized carbons (Fsp3) is 0.333. The number of benzene rings is 1. The molecule has 1 rings (SSSR count). The first-order valence-corrected chi connectivity index (χ1v) is 6.05. The molecule has 0 aliphatic heterocycles. The minimum Gasteiger partial charge on any atom is -0.479 e. The zero-order valence-corrected chi connectivity index (χ0v) is 24.7. The Kier molecular flexibility index (Phi) is 28.0. The van der Waals surface area contributed by atoms with Crippen LogP contribution in [0.3, 0.4) is 0 Å². The molecule has 0 heterocycles. The van der Waals surface area contributed by atoms with Crippen LogP contribution in [-0.4, -0.2) is 23.7 Å². The maximum atomic E-state index is 10.2. The monoisotopic (exact) mass is 617 g/mol. The van der Waals surface area contributed by atoms with Crippen molar-refractivity contribution in [2.24, 2.45) is 0 Å². The zero-order chi connectivity index (χ0) is 15.1. The number of carboxylic acids is 1. The summed E-state index contributed by atoms with van der Waals surface area (Å²) in [5.41, 5.74) is 1.05. The van der Waals surface area contributed by atoms with Crippen LogP contribution < -0.4 is 58.2 Å². The van der Waals surface area contributed by atoms with Crippen LogP contribution in [0.4, 0.5) is 0 Å². The van der Waals surface area contributed by atoms with Gasteiger partial charge in [0.15, 0.2) is 6.61 Å². The van der Waals surface area contributed by atoms with E-state index in [9.17, 15) is 9.59 Å². The summed E-state index contributed by atoms with van der Waals surface area (Å²) in [6.07, 6.45) is 2.99. The fourth-order valence-corrected chi connectivity index (χ4v) is 0.800.